The maximum Gasteiger partial charge on any atom is 0.269 e. The first-order valence-electron chi connectivity index (χ1n) is 9.39. The molecule has 1 atom stereocenters. The third-order valence-electron chi connectivity index (χ3n) is 5.07. The first-order chi connectivity index (χ1) is 14.0. The Morgan fingerprint density at radius 3 is 2.13 bits per heavy atom. The number of sulfonamides is 1. The van der Waals surface area contributed by atoms with Gasteiger partial charge in [0.15, 0.2) is 9.84 Å². The summed E-state index contributed by atoms with van der Waals surface area (Å²) in [7, 11) is -2.55. The molecular weight excluding hydrogens is 426 g/mol. The van der Waals surface area contributed by atoms with Crippen LogP contribution in [-0.4, -0.2) is 71.5 Å². The SMILES string of the molecule is CN(C)N(C(=O)c1ccccc1S(=O)(=O)N(C)c1ccccc1)C1CCS(=O)(=O)C1. The van der Waals surface area contributed by atoms with Gasteiger partial charge >= 0.3 is 0 Å². The Hall–Kier alpha value is -2.43. The summed E-state index contributed by atoms with van der Waals surface area (Å²) < 4.78 is 51.6. The van der Waals surface area contributed by atoms with Crippen LogP contribution >= 0.6 is 0 Å². The lowest BCUT2D eigenvalue weighted by atomic mass is 10.1. The molecule has 0 N–H and O–H groups in total. The van der Waals surface area contributed by atoms with Gasteiger partial charge in [-0.15, -0.1) is 0 Å². The third kappa shape index (κ3) is 4.35. The average molecular weight is 452 g/mol. The summed E-state index contributed by atoms with van der Waals surface area (Å²) in [5.41, 5.74) is 0.462. The van der Waals surface area contributed by atoms with Crippen molar-refractivity contribution in [2.45, 2.75) is 17.4 Å². The van der Waals surface area contributed by atoms with Gasteiger partial charge in [0.2, 0.25) is 0 Å². The lowest BCUT2D eigenvalue weighted by molar-refractivity contribution is 0.000657. The molecule has 0 aliphatic carbocycles. The summed E-state index contributed by atoms with van der Waals surface area (Å²) in [5, 5.41) is 2.85. The van der Waals surface area contributed by atoms with Crippen molar-refractivity contribution >= 4 is 31.5 Å². The van der Waals surface area contributed by atoms with E-state index < -0.39 is 31.8 Å². The summed E-state index contributed by atoms with van der Waals surface area (Å²) in [5.74, 6) is -0.690. The first-order valence-corrected chi connectivity index (χ1v) is 12.6. The highest BCUT2D eigenvalue weighted by atomic mass is 32.2. The van der Waals surface area contributed by atoms with Crippen LogP contribution in [0.2, 0.25) is 0 Å². The Labute approximate surface area is 177 Å². The van der Waals surface area contributed by atoms with E-state index in [-0.39, 0.29) is 22.0 Å². The van der Waals surface area contributed by atoms with Crippen LogP contribution < -0.4 is 4.31 Å². The van der Waals surface area contributed by atoms with E-state index in [1.165, 1.54) is 29.2 Å². The van der Waals surface area contributed by atoms with Gasteiger partial charge in [0.1, 0.15) is 4.90 Å². The maximum atomic E-state index is 13.4. The number of sulfone groups is 1. The summed E-state index contributed by atoms with van der Waals surface area (Å²) in [4.78, 5) is 13.3. The van der Waals surface area contributed by atoms with Gasteiger partial charge in [-0.1, -0.05) is 30.3 Å². The molecule has 2 aromatic rings. The van der Waals surface area contributed by atoms with Crippen LogP contribution in [0.4, 0.5) is 5.69 Å². The fourth-order valence-electron chi connectivity index (χ4n) is 3.56. The minimum absolute atomic E-state index is 0.00159. The van der Waals surface area contributed by atoms with Crippen molar-refractivity contribution in [2.75, 3.05) is 37.0 Å². The van der Waals surface area contributed by atoms with E-state index in [0.717, 1.165) is 4.31 Å². The lowest BCUT2D eigenvalue weighted by Crippen LogP contribution is -2.49. The van der Waals surface area contributed by atoms with Crippen molar-refractivity contribution in [1.29, 1.82) is 0 Å². The average Bonchev–Trinajstić information content (AvgIpc) is 3.06. The molecule has 2 aromatic carbocycles. The molecule has 30 heavy (non-hydrogen) atoms. The Balaban J connectivity index is 2.02. The highest BCUT2D eigenvalue weighted by Crippen LogP contribution is 2.27. The van der Waals surface area contributed by atoms with E-state index in [4.69, 9.17) is 0 Å². The Morgan fingerprint density at radius 1 is 0.967 bits per heavy atom. The smallest absolute Gasteiger partial charge is 0.269 e. The van der Waals surface area contributed by atoms with Gasteiger partial charge in [-0.3, -0.25) is 14.1 Å². The molecule has 10 heteroatoms. The van der Waals surface area contributed by atoms with Crippen molar-refractivity contribution in [1.82, 2.24) is 10.0 Å². The van der Waals surface area contributed by atoms with E-state index >= 15 is 0 Å². The summed E-state index contributed by atoms with van der Waals surface area (Å²) in [6.07, 6.45) is 0.311. The molecule has 0 bridgehead atoms. The molecule has 1 amide bonds. The number of nitrogens with zero attached hydrogens (tertiary/aromatic N) is 3. The Morgan fingerprint density at radius 2 is 1.57 bits per heavy atom. The highest BCUT2D eigenvalue weighted by molar-refractivity contribution is 7.93. The summed E-state index contributed by atoms with van der Waals surface area (Å²) >= 11 is 0. The second-order valence-corrected chi connectivity index (χ2v) is 11.5. The number of rotatable bonds is 6. The van der Waals surface area contributed by atoms with Crippen molar-refractivity contribution in [3.05, 3.63) is 60.2 Å². The van der Waals surface area contributed by atoms with Crippen LogP contribution in [0.15, 0.2) is 59.5 Å². The normalized spacial score (nSPS) is 18.3. The highest BCUT2D eigenvalue weighted by Gasteiger charge is 2.38. The van der Waals surface area contributed by atoms with Crippen molar-refractivity contribution in [3.8, 4) is 0 Å². The zero-order chi connectivity index (χ0) is 22.1. The van der Waals surface area contributed by atoms with Crippen LogP contribution in [0, 0.1) is 0 Å². The standard InChI is InChI=1S/C20H25N3O5S2/c1-21(2)23(17-13-14-29(25,26)15-17)20(24)18-11-7-8-12-19(18)30(27,28)22(3)16-9-5-4-6-10-16/h4-12,17H,13-15H2,1-3H3. The molecule has 0 spiro atoms. The van der Waals surface area contributed by atoms with E-state index in [2.05, 4.69) is 0 Å². The molecule has 3 rings (SSSR count). The molecule has 0 saturated carbocycles. The van der Waals surface area contributed by atoms with Crippen LogP contribution in [0.1, 0.15) is 16.8 Å². The zero-order valence-electron chi connectivity index (χ0n) is 17.1. The predicted octanol–water partition coefficient (Wildman–Crippen LogP) is 1.62. The zero-order valence-corrected chi connectivity index (χ0v) is 18.7. The molecule has 162 valence electrons. The number of carbonyl (C=O) groups is 1. The second kappa shape index (κ2) is 8.37. The number of anilines is 1. The Kier molecular flexibility index (Phi) is 6.21. The number of hydrogen-bond donors (Lipinski definition) is 0. The molecule has 0 aromatic heterocycles. The first kappa shape index (κ1) is 22.3. The summed E-state index contributed by atoms with van der Waals surface area (Å²) in [6, 6.07) is 14.0. The maximum absolute atomic E-state index is 13.4. The van der Waals surface area contributed by atoms with Gasteiger partial charge in [0.25, 0.3) is 15.9 Å². The van der Waals surface area contributed by atoms with Crippen LogP contribution in [0.25, 0.3) is 0 Å². The third-order valence-corrected chi connectivity index (χ3v) is 8.66. The lowest BCUT2D eigenvalue weighted by Gasteiger charge is -2.34. The molecule has 1 unspecified atom stereocenters. The number of amides is 1. The van der Waals surface area contributed by atoms with E-state index in [0.29, 0.717) is 12.1 Å². The molecular formula is C20H25N3O5S2. The number of carbonyl (C=O) groups excluding carboxylic acids is 1. The van der Waals surface area contributed by atoms with Crippen molar-refractivity contribution in [2.24, 2.45) is 0 Å². The van der Waals surface area contributed by atoms with Crippen molar-refractivity contribution in [3.63, 3.8) is 0 Å². The van der Waals surface area contributed by atoms with Gasteiger partial charge in [0, 0.05) is 21.1 Å². The minimum Gasteiger partial charge on any atom is -0.269 e. The van der Waals surface area contributed by atoms with Crippen LogP contribution in [0.5, 0.6) is 0 Å². The van der Waals surface area contributed by atoms with Crippen LogP contribution in [0.3, 0.4) is 0 Å². The predicted molar refractivity (Wildman–Crippen MR) is 115 cm³/mol. The van der Waals surface area contributed by atoms with E-state index in [1.807, 2.05) is 0 Å². The fraction of sp³-hybridized carbons (Fsp3) is 0.350. The number of para-hydroxylation sites is 1. The molecule has 0 radical (unpaired) electrons. The number of hydrogen-bond acceptors (Lipinski definition) is 6. The van der Waals surface area contributed by atoms with E-state index in [9.17, 15) is 21.6 Å². The largest absolute Gasteiger partial charge is 0.269 e. The van der Waals surface area contributed by atoms with E-state index in [1.54, 1.807) is 56.6 Å². The summed E-state index contributed by atoms with van der Waals surface area (Å²) in [6.45, 7) is 0. The fourth-order valence-corrected chi connectivity index (χ4v) is 6.63. The second-order valence-electron chi connectivity index (χ2n) is 7.36. The molecule has 8 nitrogen and oxygen atoms in total. The van der Waals surface area contributed by atoms with Crippen molar-refractivity contribution < 1.29 is 21.6 Å². The molecule has 1 aliphatic heterocycles. The van der Waals surface area contributed by atoms with Crippen LogP contribution in [-0.2, 0) is 19.9 Å². The van der Waals surface area contributed by atoms with Gasteiger partial charge in [-0.05, 0) is 30.7 Å². The van der Waals surface area contributed by atoms with Gasteiger partial charge < -0.3 is 0 Å². The quantitative estimate of drug-likeness (QED) is 0.620. The van der Waals surface area contributed by atoms with Gasteiger partial charge in [-0.25, -0.2) is 21.8 Å². The molecule has 1 saturated heterocycles. The van der Waals surface area contributed by atoms with Gasteiger partial charge in [-0.2, -0.15) is 0 Å². The monoisotopic (exact) mass is 451 g/mol. The Bertz CT molecular complexity index is 1130. The molecule has 1 fully saturated rings. The van der Waals surface area contributed by atoms with Gasteiger partial charge in [0.05, 0.1) is 28.8 Å². The number of benzene rings is 2. The molecule has 1 heterocycles. The minimum atomic E-state index is -4.02. The topological polar surface area (TPSA) is 95.1 Å². The molecule has 1 aliphatic rings. The number of hydrazine groups is 1.